The van der Waals surface area contributed by atoms with Gasteiger partial charge in [-0.15, -0.1) is 0 Å². The lowest BCUT2D eigenvalue weighted by atomic mass is 9.95. The van der Waals surface area contributed by atoms with Crippen molar-refractivity contribution in [1.29, 1.82) is 0 Å². The van der Waals surface area contributed by atoms with Gasteiger partial charge in [0.15, 0.2) is 5.75 Å². The zero-order chi connectivity index (χ0) is 18.6. The van der Waals surface area contributed by atoms with Crippen LogP contribution >= 0.6 is 0 Å². The number of allylic oxidation sites excluding steroid dienone is 1. The van der Waals surface area contributed by atoms with E-state index in [1.807, 2.05) is 0 Å². The zero-order valence-corrected chi connectivity index (χ0v) is 13.6. The van der Waals surface area contributed by atoms with Crippen LogP contribution in [0.2, 0.25) is 0 Å². The Balaban J connectivity index is 2.40. The van der Waals surface area contributed by atoms with Crippen LogP contribution in [0.3, 0.4) is 0 Å². The number of benzene rings is 1. The predicted octanol–water partition coefficient (Wildman–Crippen LogP) is 1.12. The van der Waals surface area contributed by atoms with Crippen molar-refractivity contribution in [2.24, 2.45) is 0 Å². The van der Waals surface area contributed by atoms with Crippen molar-refractivity contribution < 1.29 is 29.1 Å². The highest BCUT2D eigenvalue weighted by molar-refractivity contribution is 5.95. The number of hydrogen-bond donors (Lipinski definition) is 3. The Bertz CT molecular complexity index is 745. The number of methoxy groups -OCH3 is 1. The average Bonchev–Trinajstić information content (AvgIpc) is 2.54. The number of urea groups is 1. The SMILES string of the molecule is COCCOC(=O)C1=C(C)NC(=O)N[C@H]1c1ccc(O)c([N+](=O)[O-])c1. The summed E-state index contributed by atoms with van der Waals surface area (Å²) in [6.07, 6.45) is 0. The second-order valence-electron chi connectivity index (χ2n) is 5.20. The number of aromatic hydroxyl groups is 1. The molecule has 0 radical (unpaired) electrons. The fourth-order valence-corrected chi connectivity index (χ4v) is 2.38. The number of phenols is 1. The van der Waals surface area contributed by atoms with E-state index in [2.05, 4.69) is 10.6 Å². The Hall–Kier alpha value is -3.14. The smallest absolute Gasteiger partial charge is 0.338 e. The number of nitrogens with zero attached hydrogens (tertiary/aromatic N) is 1. The third-order valence-electron chi connectivity index (χ3n) is 3.54. The number of amides is 2. The van der Waals surface area contributed by atoms with Gasteiger partial charge in [0, 0.05) is 18.9 Å². The van der Waals surface area contributed by atoms with Gasteiger partial charge in [-0.05, 0) is 18.6 Å². The lowest BCUT2D eigenvalue weighted by Gasteiger charge is -2.28. The highest BCUT2D eigenvalue weighted by Crippen LogP contribution is 2.33. The van der Waals surface area contributed by atoms with Crippen LogP contribution in [-0.4, -0.2) is 42.4 Å². The summed E-state index contributed by atoms with van der Waals surface area (Å²) in [5.74, 6) is -1.21. The fraction of sp³-hybridized carbons (Fsp3) is 0.333. The number of phenolic OH excluding ortho intramolecular Hbond substituents is 1. The first-order chi connectivity index (χ1) is 11.8. The molecular weight excluding hydrogens is 334 g/mol. The van der Waals surface area contributed by atoms with Gasteiger partial charge >= 0.3 is 17.7 Å². The second kappa shape index (κ2) is 7.62. The van der Waals surface area contributed by atoms with Gasteiger partial charge in [0.2, 0.25) is 0 Å². The molecule has 1 atom stereocenters. The van der Waals surface area contributed by atoms with Gasteiger partial charge < -0.3 is 25.2 Å². The summed E-state index contributed by atoms with van der Waals surface area (Å²) in [7, 11) is 1.46. The maximum Gasteiger partial charge on any atom is 0.338 e. The monoisotopic (exact) mass is 351 g/mol. The van der Waals surface area contributed by atoms with Crippen molar-refractivity contribution in [3.8, 4) is 5.75 Å². The van der Waals surface area contributed by atoms with E-state index in [4.69, 9.17) is 9.47 Å². The number of nitrogens with one attached hydrogen (secondary N) is 2. The molecule has 1 aromatic carbocycles. The molecule has 2 amide bonds. The number of nitro benzene ring substituents is 1. The van der Waals surface area contributed by atoms with Crippen molar-refractivity contribution >= 4 is 17.7 Å². The number of nitro groups is 1. The molecule has 10 nitrogen and oxygen atoms in total. The molecule has 1 aromatic rings. The Morgan fingerprint density at radius 3 is 2.76 bits per heavy atom. The quantitative estimate of drug-likeness (QED) is 0.302. The Labute approximate surface area is 142 Å². The van der Waals surface area contributed by atoms with Gasteiger partial charge in [-0.2, -0.15) is 0 Å². The van der Waals surface area contributed by atoms with E-state index in [1.165, 1.54) is 20.1 Å². The molecule has 0 spiro atoms. The minimum Gasteiger partial charge on any atom is -0.502 e. The molecule has 3 N–H and O–H groups in total. The molecule has 0 saturated carbocycles. The summed E-state index contributed by atoms with van der Waals surface area (Å²) in [5, 5.41) is 25.6. The number of carbonyl (C=O) groups excluding carboxylic acids is 2. The number of hydrogen-bond acceptors (Lipinski definition) is 7. The van der Waals surface area contributed by atoms with Crippen LogP contribution in [0.15, 0.2) is 29.5 Å². The van der Waals surface area contributed by atoms with Crippen molar-refractivity contribution in [3.05, 3.63) is 45.1 Å². The minimum absolute atomic E-state index is 0.0164. The summed E-state index contributed by atoms with van der Waals surface area (Å²) < 4.78 is 9.89. The van der Waals surface area contributed by atoms with Crippen LogP contribution < -0.4 is 10.6 Å². The van der Waals surface area contributed by atoms with Crippen molar-refractivity contribution in [2.75, 3.05) is 20.3 Å². The number of carbonyl (C=O) groups is 2. The highest BCUT2D eigenvalue weighted by Gasteiger charge is 2.33. The van der Waals surface area contributed by atoms with Gasteiger partial charge in [0.05, 0.1) is 23.1 Å². The van der Waals surface area contributed by atoms with Gasteiger partial charge in [-0.25, -0.2) is 9.59 Å². The summed E-state index contributed by atoms with van der Waals surface area (Å²) in [6, 6.07) is 2.09. The number of rotatable bonds is 6. The van der Waals surface area contributed by atoms with Crippen LogP contribution in [0.25, 0.3) is 0 Å². The fourth-order valence-electron chi connectivity index (χ4n) is 2.38. The Morgan fingerprint density at radius 1 is 1.40 bits per heavy atom. The highest BCUT2D eigenvalue weighted by atomic mass is 16.6. The normalized spacial score (nSPS) is 16.9. The standard InChI is InChI=1S/C15H17N3O7/c1-8-12(14(20)25-6-5-24-2)13(17-15(21)16-8)9-3-4-11(19)10(7-9)18(22)23/h3-4,7,13,19H,5-6H2,1-2H3,(H2,16,17,21)/t13-/m0/s1. The largest absolute Gasteiger partial charge is 0.502 e. The van der Waals surface area contributed by atoms with Crippen LogP contribution in [0.4, 0.5) is 10.5 Å². The first-order valence-corrected chi connectivity index (χ1v) is 7.26. The molecule has 1 heterocycles. The lowest BCUT2D eigenvalue weighted by Crippen LogP contribution is -2.45. The van der Waals surface area contributed by atoms with Gasteiger partial charge in [-0.3, -0.25) is 10.1 Å². The van der Waals surface area contributed by atoms with Crippen LogP contribution in [0.1, 0.15) is 18.5 Å². The van der Waals surface area contributed by atoms with Gasteiger partial charge in [0.25, 0.3) is 0 Å². The van der Waals surface area contributed by atoms with Crippen molar-refractivity contribution in [1.82, 2.24) is 10.6 Å². The molecular formula is C15H17N3O7. The molecule has 1 aliphatic rings. The summed E-state index contributed by atoms with van der Waals surface area (Å²) in [6.45, 7) is 1.74. The molecule has 25 heavy (non-hydrogen) atoms. The topological polar surface area (TPSA) is 140 Å². The van der Waals surface area contributed by atoms with E-state index in [-0.39, 0.29) is 30.0 Å². The van der Waals surface area contributed by atoms with Crippen LogP contribution in [0.5, 0.6) is 5.75 Å². The van der Waals surface area contributed by atoms with Crippen LogP contribution in [0, 0.1) is 10.1 Å². The van der Waals surface area contributed by atoms with E-state index in [1.54, 1.807) is 0 Å². The molecule has 0 aliphatic carbocycles. The predicted molar refractivity (Wildman–Crippen MR) is 84.7 cm³/mol. The molecule has 0 aromatic heterocycles. The molecule has 134 valence electrons. The summed E-state index contributed by atoms with van der Waals surface area (Å²) >= 11 is 0. The van der Waals surface area contributed by atoms with Crippen molar-refractivity contribution in [2.45, 2.75) is 13.0 Å². The molecule has 1 aliphatic heterocycles. The van der Waals surface area contributed by atoms with E-state index in [9.17, 15) is 24.8 Å². The third-order valence-corrected chi connectivity index (χ3v) is 3.54. The van der Waals surface area contributed by atoms with E-state index >= 15 is 0 Å². The molecule has 0 fully saturated rings. The van der Waals surface area contributed by atoms with Gasteiger partial charge in [-0.1, -0.05) is 6.07 Å². The molecule has 0 bridgehead atoms. The summed E-state index contributed by atoms with van der Waals surface area (Å²) in [4.78, 5) is 34.4. The van der Waals surface area contributed by atoms with E-state index in [0.717, 1.165) is 12.1 Å². The Morgan fingerprint density at radius 2 is 2.12 bits per heavy atom. The first kappa shape index (κ1) is 18.2. The number of ether oxygens (including phenoxy) is 2. The van der Waals surface area contributed by atoms with E-state index in [0.29, 0.717) is 0 Å². The molecule has 0 saturated heterocycles. The third kappa shape index (κ3) is 4.04. The second-order valence-corrected chi connectivity index (χ2v) is 5.20. The van der Waals surface area contributed by atoms with Crippen LogP contribution in [-0.2, 0) is 14.3 Å². The average molecular weight is 351 g/mol. The maximum absolute atomic E-state index is 12.3. The molecule has 10 heteroatoms. The molecule has 2 rings (SSSR count). The van der Waals surface area contributed by atoms with Crippen molar-refractivity contribution in [3.63, 3.8) is 0 Å². The van der Waals surface area contributed by atoms with Gasteiger partial charge in [0.1, 0.15) is 6.61 Å². The minimum atomic E-state index is -0.955. The first-order valence-electron chi connectivity index (χ1n) is 7.26. The summed E-state index contributed by atoms with van der Waals surface area (Å²) in [5.41, 5.74) is 0.106. The molecule has 0 unspecified atom stereocenters. The Kier molecular flexibility index (Phi) is 5.55. The zero-order valence-electron chi connectivity index (χ0n) is 13.6. The lowest BCUT2D eigenvalue weighted by molar-refractivity contribution is -0.385. The number of esters is 1. The maximum atomic E-state index is 12.3. The van der Waals surface area contributed by atoms with E-state index < -0.39 is 34.4 Å².